The van der Waals surface area contributed by atoms with E-state index in [9.17, 15) is 5.11 Å². The molecule has 0 bridgehead atoms. The van der Waals surface area contributed by atoms with Gasteiger partial charge in [-0.25, -0.2) is 0 Å². The van der Waals surface area contributed by atoms with E-state index in [4.69, 9.17) is 0 Å². The van der Waals surface area contributed by atoms with Gasteiger partial charge in [0.1, 0.15) is 0 Å². The van der Waals surface area contributed by atoms with Crippen molar-refractivity contribution < 1.29 is 5.11 Å². The highest BCUT2D eigenvalue weighted by molar-refractivity contribution is 5.20. The number of rotatable bonds is 3. The van der Waals surface area contributed by atoms with Gasteiger partial charge in [-0.05, 0) is 79.4 Å². The molecule has 3 aliphatic rings. The van der Waals surface area contributed by atoms with Crippen molar-refractivity contribution in [3.05, 3.63) is 12.2 Å². The molecule has 0 saturated heterocycles. The van der Waals surface area contributed by atoms with Crippen LogP contribution in [-0.4, -0.2) is 11.2 Å². The first-order chi connectivity index (χ1) is 10.8. The molecule has 1 heteroatoms. The average molecular weight is 319 g/mol. The van der Waals surface area contributed by atoms with E-state index in [1.165, 1.54) is 50.5 Å². The van der Waals surface area contributed by atoms with Crippen LogP contribution in [0.1, 0.15) is 85.5 Å². The average Bonchev–Trinajstić information content (AvgIpc) is 2.80. The van der Waals surface area contributed by atoms with Crippen LogP contribution in [-0.2, 0) is 0 Å². The van der Waals surface area contributed by atoms with E-state index in [-0.39, 0.29) is 6.10 Å². The summed E-state index contributed by atoms with van der Waals surface area (Å²) in [5, 5.41) is 10.2. The van der Waals surface area contributed by atoms with E-state index in [0.29, 0.717) is 10.8 Å². The molecule has 3 saturated carbocycles. The van der Waals surface area contributed by atoms with Gasteiger partial charge in [-0.3, -0.25) is 0 Å². The third-order valence-electron chi connectivity index (χ3n) is 8.62. The Balaban J connectivity index is 1.84. The summed E-state index contributed by atoms with van der Waals surface area (Å²) < 4.78 is 0. The number of fused-ring (bicyclic) bond motifs is 1. The van der Waals surface area contributed by atoms with Gasteiger partial charge in [0, 0.05) is 0 Å². The molecule has 0 radical (unpaired) electrons. The Morgan fingerprint density at radius 2 is 1.87 bits per heavy atom. The summed E-state index contributed by atoms with van der Waals surface area (Å²) in [7, 11) is 0. The van der Waals surface area contributed by atoms with Crippen molar-refractivity contribution in [1.29, 1.82) is 0 Å². The molecular weight excluding hydrogens is 280 g/mol. The Bertz CT molecular complexity index is 455. The normalized spacial score (nSPS) is 50.8. The first-order valence-electron chi connectivity index (χ1n) is 10.2. The van der Waals surface area contributed by atoms with Crippen LogP contribution < -0.4 is 0 Å². The van der Waals surface area contributed by atoms with Gasteiger partial charge < -0.3 is 5.11 Å². The maximum Gasteiger partial charge on any atom is 0.0543 e. The molecule has 1 N–H and O–H groups in total. The van der Waals surface area contributed by atoms with Crippen molar-refractivity contribution in [1.82, 2.24) is 0 Å². The third-order valence-corrected chi connectivity index (χ3v) is 8.62. The maximum absolute atomic E-state index is 10.2. The summed E-state index contributed by atoms with van der Waals surface area (Å²) >= 11 is 0. The van der Waals surface area contributed by atoms with Crippen molar-refractivity contribution in [3.8, 4) is 0 Å². The number of hydrogen-bond acceptors (Lipinski definition) is 1. The highest BCUT2D eigenvalue weighted by Crippen LogP contribution is 2.63. The Morgan fingerprint density at radius 1 is 1.13 bits per heavy atom. The molecule has 1 nitrogen and oxygen atoms in total. The molecule has 7 atom stereocenters. The topological polar surface area (TPSA) is 20.2 Å². The Hall–Kier alpha value is -0.300. The molecular formula is C22H38O. The SMILES string of the molecule is C=C1CCC2[C@@H](C)C([C@@]3(C)CC[C@H](O)C[C@@H]3CCC)CC[C@]12C. The fourth-order valence-corrected chi connectivity index (χ4v) is 7.01. The van der Waals surface area contributed by atoms with Gasteiger partial charge in [-0.2, -0.15) is 0 Å². The zero-order valence-corrected chi connectivity index (χ0v) is 15.9. The van der Waals surface area contributed by atoms with Crippen molar-refractivity contribution >= 4 is 0 Å². The van der Waals surface area contributed by atoms with Gasteiger partial charge in [-0.1, -0.05) is 52.7 Å². The van der Waals surface area contributed by atoms with Gasteiger partial charge in [0.25, 0.3) is 0 Å². The first kappa shape index (κ1) is 17.5. The fraction of sp³-hybridized carbons (Fsp3) is 0.909. The quantitative estimate of drug-likeness (QED) is 0.635. The minimum absolute atomic E-state index is 0.0463. The van der Waals surface area contributed by atoms with E-state index >= 15 is 0 Å². The van der Waals surface area contributed by atoms with Gasteiger partial charge in [0.05, 0.1) is 6.10 Å². The van der Waals surface area contributed by atoms with Crippen LogP contribution >= 0.6 is 0 Å². The molecule has 23 heavy (non-hydrogen) atoms. The molecule has 0 heterocycles. The predicted molar refractivity (Wildman–Crippen MR) is 98.2 cm³/mol. The van der Waals surface area contributed by atoms with Crippen LogP contribution in [0, 0.1) is 34.5 Å². The molecule has 0 aromatic heterocycles. The third kappa shape index (κ3) is 2.71. The predicted octanol–water partition coefficient (Wildman–Crippen LogP) is 5.97. The molecule has 0 spiro atoms. The summed E-state index contributed by atoms with van der Waals surface area (Å²) in [6.45, 7) is 14.3. The first-order valence-corrected chi connectivity index (χ1v) is 10.2. The van der Waals surface area contributed by atoms with Gasteiger partial charge in [-0.15, -0.1) is 0 Å². The monoisotopic (exact) mass is 318 g/mol. The van der Waals surface area contributed by atoms with Crippen LogP contribution in [0.3, 0.4) is 0 Å². The lowest BCUT2D eigenvalue weighted by molar-refractivity contribution is -0.0787. The molecule has 3 fully saturated rings. The number of allylic oxidation sites excluding steroid dienone is 1. The van der Waals surface area contributed by atoms with E-state index in [1.807, 2.05) is 0 Å². The van der Waals surface area contributed by atoms with Crippen LogP contribution in [0.4, 0.5) is 0 Å². The molecule has 0 aromatic carbocycles. The summed E-state index contributed by atoms with van der Waals surface area (Å²) in [6, 6.07) is 0. The molecule has 132 valence electrons. The summed E-state index contributed by atoms with van der Waals surface area (Å²) in [6.07, 6.45) is 11.2. The van der Waals surface area contributed by atoms with Crippen LogP contribution in [0.2, 0.25) is 0 Å². The zero-order valence-electron chi connectivity index (χ0n) is 15.9. The standard InChI is InChI=1S/C22H38O/c1-6-7-17-14-18(23)10-12-22(17,5)20-11-13-21(4)15(2)8-9-19(21)16(20)3/h16-20,23H,2,6-14H2,1,3-5H3/t16-,17+,18+,19?,20?,21-,22+/m1/s1. The second-order valence-electron chi connectivity index (χ2n) is 9.59. The van der Waals surface area contributed by atoms with Crippen LogP contribution in [0.15, 0.2) is 12.2 Å². The van der Waals surface area contributed by atoms with Crippen molar-refractivity contribution in [2.75, 3.05) is 0 Å². The van der Waals surface area contributed by atoms with E-state index < -0.39 is 0 Å². The second-order valence-corrected chi connectivity index (χ2v) is 9.59. The highest BCUT2D eigenvalue weighted by Gasteiger charge is 2.55. The highest BCUT2D eigenvalue weighted by atomic mass is 16.3. The summed E-state index contributed by atoms with van der Waals surface area (Å²) in [4.78, 5) is 0. The Morgan fingerprint density at radius 3 is 2.57 bits per heavy atom. The molecule has 2 unspecified atom stereocenters. The Kier molecular flexibility index (Phi) is 4.73. The van der Waals surface area contributed by atoms with E-state index in [2.05, 4.69) is 34.3 Å². The van der Waals surface area contributed by atoms with Gasteiger partial charge in [0.15, 0.2) is 0 Å². The van der Waals surface area contributed by atoms with E-state index in [1.54, 1.807) is 0 Å². The molecule has 0 amide bonds. The van der Waals surface area contributed by atoms with Gasteiger partial charge >= 0.3 is 0 Å². The zero-order chi connectivity index (χ0) is 16.8. The lowest BCUT2D eigenvalue weighted by atomic mass is 9.49. The minimum Gasteiger partial charge on any atom is -0.393 e. The maximum atomic E-state index is 10.2. The van der Waals surface area contributed by atoms with E-state index in [0.717, 1.165) is 36.5 Å². The van der Waals surface area contributed by atoms with Crippen LogP contribution in [0.25, 0.3) is 0 Å². The van der Waals surface area contributed by atoms with Crippen molar-refractivity contribution in [2.45, 2.75) is 91.6 Å². The number of aliphatic hydroxyl groups is 1. The molecule has 3 aliphatic carbocycles. The van der Waals surface area contributed by atoms with Crippen molar-refractivity contribution in [3.63, 3.8) is 0 Å². The van der Waals surface area contributed by atoms with Crippen molar-refractivity contribution in [2.24, 2.45) is 34.5 Å². The number of aliphatic hydroxyl groups excluding tert-OH is 1. The molecule has 0 aromatic rings. The lowest BCUT2D eigenvalue weighted by Gasteiger charge is -2.56. The fourth-order valence-electron chi connectivity index (χ4n) is 7.01. The Labute approximate surface area is 143 Å². The molecule has 3 rings (SSSR count). The summed E-state index contributed by atoms with van der Waals surface area (Å²) in [5.41, 5.74) is 2.39. The summed E-state index contributed by atoms with van der Waals surface area (Å²) in [5.74, 6) is 3.22. The minimum atomic E-state index is -0.0463. The second kappa shape index (κ2) is 6.21. The lowest BCUT2D eigenvalue weighted by Crippen LogP contribution is -2.49. The molecule has 0 aliphatic heterocycles. The van der Waals surface area contributed by atoms with Gasteiger partial charge in [0.2, 0.25) is 0 Å². The smallest absolute Gasteiger partial charge is 0.0543 e. The largest absolute Gasteiger partial charge is 0.393 e. The van der Waals surface area contributed by atoms with Crippen LogP contribution in [0.5, 0.6) is 0 Å². The number of hydrogen-bond donors (Lipinski definition) is 1.